The molecule has 8 heteroatoms. The number of nitrogens with two attached hydrogens (primary N) is 1. The molecule has 3 rings (SSSR count). The van der Waals surface area contributed by atoms with E-state index in [0.717, 1.165) is 6.07 Å². The molecule has 2 aromatic rings. The monoisotopic (exact) mass is 383 g/mol. The molecule has 0 spiro atoms. The smallest absolute Gasteiger partial charge is 0.356 e. The lowest BCUT2D eigenvalue weighted by atomic mass is 9.92. The Kier molecular flexibility index (Phi) is 5.03. The molecule has 144 valence electrons. The van der Waals surface area contributed by atoms with Crippen molar-refractivity contribution in [1.82, 2.24) is 9.88 Å². The highest BCUT2D eigenvalue weighted by Crippen LogP contribution is 2.25. The summed E-state index contributed by atoms with van der Waals surface area (Å²) in [6.45, 7) is 0.562. The summed E-state index contributed by atoms with van der Waals surface area (Å²) in [7, 11) is 1.60. The van der Waals surface area contributed by atoms with Crippen molar-refractivity contribution in [3.63, 3.8) is 0 Å². The zero-order valence-corrected chi connectivity index (χ0v) is 15.1. The molecule has 0 bridgehead atoms. The SMILES string of the molecule is CN1CCC[C@@](O)(C#Cc2cccc(-c3nc(C(=O)O)c(N)cc3F)c2)C1=O. The summed E-state index contributed by atoms with van der Waals surface area (Å²) in [5, 5.41) is 19.6. The molecule has 0 unspecified atom stereocenters. The van der Waals surface area contributed by atoms with Crippen LogP contribution in [0.1, 0.15) is 28.9 Å². The number of carboxylic acid groups (broad SMARTS) is 1. The number of piperidine rings is 1. The number of aromatic nitrogens is 1. The van der Waals surface area contributed by atoms with Crippen LogP contribution in [0.3, 0.4) is 0 Å². The maximum Gasteiger partial charge on any atom is 0.356 e. The van der Waals surface area contributed by atoms with Gasteiger partial charge in [0.2, 0.25) is 5.60 Å². The van der Waals surface area contributed by atoms with Crippen molar-refractivity contribution in [2.24, 2.45) is 0 Å². The Balaban J connectivity index is 1.98. The van der Waals surface area contributed by atoms with Crippen LogP contribution in [0.15, 0.2) is 30.3 Å². The summed E-state index contributed by atoms with van der Waals surface area (Å²) in [6.07, 6.45) is 0.866. The molecule has 1 aliphatic rings. The molecule has 7 nitrogen and oxygen atoms in total. The van der Waals surface area contributed by atoms with E-state index >= 15 is 0 Å². The van der Waals surface area contributed by atoms with Crippen molar-refractivity contribution in [1.29, 1.82) is 0 Å². The third-order valence-corrected chi connectivity index (χ3v) is 4.49. The van der Waals surface area contributed by atoms with Gasteiger partial charge in [-0.25, -0.2) is 14.2 Å². The van der Waals surface area contributed by atoms with E-state index < -0.39 is 29.0 Å². The summed E-state index contributed by atoms with van der Waals surface area (Å²) in [5.41, 5.74) is 3.56. The molecule has 1 aliphatic heterocycles. The average molecular weight is 383 g/mol. The van der Waals surface area contributed by atoms with Crippen molar-refractivity contribution >= 4 is 17.6 Å². The van der Waals surface area contributed by atoms with E-state index in [1.165, 1.54) is 11.0 Å². The second-order valence-electron chi connectivity index (χ2n) is 6.58. The molecule has 2 heterocycles. The molecule has 1 atom stereocenters. The number of likely N-dealkylation sites (tertiary alicyclic amines) is 1. The molecule has 28 heavy (non-hydrogen) atoms. The first-order chi connectivity index (χ1) is 13.2. The fraction of sp³-hybridized carbons (Fsp3) is 0.250. The Morgan fingerprint density at radius 2 is 2.14 bits per heavy atom. The van der Waals surface area contributed by atoms with Crippen LogP contribution in [0.4, 0.5) is 10.1 Å². The highest BCUT2D eigenvalue weighted by atomic mass is 19.1. The van der Waals surface area contributed by atoms with Crippen molar-refractivity contribution in [3.05, 3.63) is 47.4 Å². The minimum absolute atomic E-state index is 0.178. The standard InChI is InChI=1S/C20H18FN3O4/c1-24-9-3-7-20(28,19(24)27)8-6-12-4-2-5-13(10-12)16-14(21)11-15(22)17(23-16)18(25)26/h2,4-5,10-11,28H,3,7,9,22H2,1H3,(H,25,26)/t20-/m1/s1. The van der Waals surface area contributed by atoms with Gasteiger partial charge in [0.05, 0.1) is 5.69 Å². The number of carbonyl (C=O) groups excluding carboxylic acids is 1. The molecule has 0 radical (unpaired) electrons. The fourth-order valence-electron chi connectivity index (χ4n) is 3.01. The topological polar surface area (TPSA) is 117 Å². The predicted octanol–water partition coefficient (Wildman–Crippen LogP) is 1.50. The summed E-state index contributed by atoms with van der Waals surface area (Å²) < 4.78 is 14.3. The minimum atomic E-state index is -1.76. The van der Waals surface area contributed by atoms with Gasteiger partial charge in [-0.1, -0.05) is 24.0 Å². The number of nitrogen functional groups attached to an aromatic ring is 1. The van der Waals surface area contributed by atoms with Crippen LogP contribution in [-0.4, -0.2) is 51.2 Å². The van der Waals surface area contributed by atoms with Crippen LogP contribution in [0.5, 0.6) is 0 Å². The fourth-order valence-corrected chi connectivity index (χ4v) is 3.01. The number of aliphatic hydroxyl groups is 1. The van der Waals surface area contributed by atoms with Crippen LogP contribution < -0.4 is 5.73 Å². The summed E-state index contributed by atoms with van der Waals surface area (Å²) in [5.74, 6) is 2.77. The molecule has 0 saturated carbocycles. The van der Waals surface area contributed by atoms with Gasteiger partial charge >= 0.3 is 5.97 Å². The van der Waals surface area contributed by atoms with Gasteiger partial charge in [-0.15, -0.1) is 0 Å². The lowest BCUT2D eigenvalue weighted by molar-refractivity contribution is -0.148. The number of rotatable bonds is 2. The van der Waals surface area contributed by atoms with Crippen molar-refractivity contribution in [2.45, 2.75) is 18.4 Å². The summed E-state index contributed by atoms with van der Waals surface area (Å²) >= 11 is 0. The Morgan fingerprint density at radius 1 is 1.39 bits per heavy atom. The zero-order valence-electron chi connectivity index (χ0n) is 15.1. The van der Waals surface area contributed by atoms with E-state index in [2.05, 4.69) is 16.8 Å². The lowest BCUT2D eigenvalue weighted by Crippen LogP contribution is -2.51. The number of amides is 1. The highest BCUT2D eigenvalue weighted by molar-refractivity contribution is 5.92. The molecule has 1 fully saturated rings. The minimum Gasteiger partial charge on any atom is -0.476 e. The number of benzene rings is 1. The van der Waals surface area contributed by atoms with Crippen LogP contribution in [0, 0.1) is 17.7 Å². The summed E-state index contributed by atoms with van der Waals surface area (Å²) in [4.78, 5) is 28.6. The first-order valence-corrected chi connectivity index (χ1v) is 8.52. The van der Waals surface area contributed by atoms with Crippen LogP contribution in [-0.2, 0) is 4.79 Å². The van der Waals surface area contributed by atoms with Gasteiger partial charge in [-0.3, -0.25) is 4.79 Å². The quantitative estimate of drug-likeness (QED) is 0.677. The Morgan fingerprint density at radius 3 is 2.86 bits per heavy atom. The Labute approximate surface area is 160 Å². The molecule has 4 N–H and O–H groups in total. The maximum absolute atomic E-state index is 14.3. The maximum atomic E-state index is 14.3. The number of halogens is 1. The number of carbonyl (C=O) groups is 2. The van der Waals surface area contributed by atoms with Crippen molar-refractivity contribution < 1.29 is 24.2 Å². The molecule has 1 saturated heterocycles. The number of hydrogen-bond donors (Lipinski definition) is 3. The largest absolute Gasteiger partial charge is 0.476 e. The zero-order chi connectivity index (χ0) is 20.5. The normalized spacial score (nSPS) is 19.1. The predicted molar refractivity (Wildman–Crippen MR) is 99.7 cm³/mol. The molecular formula is C20H18FN3O4. The van der Waals surface area contributed by atoms with E-state index in [4.69, 9.17) is 10.8 Å². The number of nitrogens with zero attached hydrogens (tertiary/aromatic N) is 2. The number of hydrogen-bond acceptors (Lipinski definition) is 5. The van der Waals surface area contributed by atoms with E-state index in [-0.39, 0.29) is 17.8 Å². The molecule has 1 amide bonds. The average Bonchev–Trinajstić information content (AvgIpc) is 2.64. The van der Waals surface area contributed by atoms with Crippen LogP contribution in [0.25, 0.3) is 11.3 Å². The number of carboxylic acids is 1. The van der Waals surface area contributed by atoms with E-state index in [9.17, 15) is 19.1 Å². The molecule has 0 aliphatic carbocycles. The Hall–Kier alpha value is -3.44. The first kappa shape index (κ1) is 19.3. The van der Waals surface area contributed by atoms with Gasteiger partial charge in [0.25, 0.3) is 5.91 Å². The van der Waals surface area contributed by atoms with Gasteiger partial charge in [-0.05, 0) is 25.0 Å². The Bertz CT molecular complexity index is 1030. The number of likely N-dealkylation sites (N-methyl/N-ethyl adjacent to an activating group) is 1. The van der Waals surface area contributed by atoms with Gasteiger partial charge in [0.1, 0.15) is 5.69 Å². The number of anilines is 1. The second kappa shape index (κ2) is 7.29. The number of pyridine rings is 1. The second-order valence-corrected chi connectivity index (χ2v) is 6.58. The first-order valence-electron chi connectivity index (χ1n) is 8.52. The van der Waals surface area contributed by atoms with E-state index in [1.807, 2.05) is 0 Å². The van der Waals surface area contributed by atoms with Gasteiger partial charge in [0, 0.05) is 30.8 Å². The van der Waals surface area contributed by atoms with Gasteiger partial charge in [-0.2, -0.15) is 0 Å². The third kappa shape index (κ3) is 3.66. The molecule has 1 aromatic heterocycles. The molecular weight excluding hydrogens is 365 g/mol. The summed E-state index contributed by atoms with van der Waals surface area (Å²) in [6, 6.07) is 7.18. The van der Waals surface area contributed by atoms with E-state index in [0.29, 0.717) is 24.1 Å². The van der Waals surface area contributed by atoms with Crippen molar-refractivity contribution in [2.75, 3.05) is 19.3 Å². The van der Waals surface area contributed by atoms with Crippen LogP contribution in [0.2, 0.25) is 0 Å². The van der Waals surface area contributed by atoms with Gasteiger partial charge in [0.15, 0.2) is 11.5 Å². The third-order valence-electron chi connectivity index (χ3n) is 4.49. The van der Waals surface area contributed by atoms with E-state index in [1.54, 1.807) is 25.2 Å². The number of aromatic carboxylic acids is 1. The van der Waals surface area contributed by atoms with Crippen molar-refractivity contribution in [3.8, 4) is 23.1 Å². The van der Waals surface area contributed by atoms with Crippen LogP contribution >= 0.6 is 0 Å². The highest BCUT2D eigenvalue weighted by Gasteiger charge is 2.39. The molecule has 1 aromatic carbocycles. The lowest BCUT2D eigenvalue weighted by Gasteiger charge is -2.32. The van der Waals surface area contributed by atoms with Gasteiger partial charge < -0.3 is 20.8 Å².